The number of halogens is 1. The number of hydrogen-bond acceptors (Lipinski definition) is 2. The van der Waals surface area contributed by atoms with Crippen LogP contribution < -0.4 is 0 Å². The number of esters is 1. The largest absolute Gasteiger partial charge is 0.461 e. The molecule has 0 N–H and O–H groups in total. The van der Waals surface area contributed by atoms with Gasteiger partial charge in [0.15, 0.2) is 0 Å². The van der Waals surface area contributed by atoms with Gasteiger partial charge in [0, 0.05) is 11.8 Å². The minimum atomic E-state index is -0.0754. The monoisotopic (exact) mass is 276 g/mol. The summed E-state index contributed by atoms with van der Waals surface area (Å²) in [6, 6.07) is 0. The van der Waals surface area contributed by atoms with Crippen molar-refractivity contribution in [2.75, 3.05) is 11.9 Å². The van der Waals surface area contributed by atoms with Crippen LogP contribution in [0.5, 0.6) is 0 Å². The molecule has 0 radical (unpaired) electrons. The molecule has 0 aliphatic carbocycles. The van der Waals surface area contributed by atoms with Gasteiger partial charge in [-0.3, -0.25) is 4.79 Å². The molecule has 3 heteroatoms. The molecule has 0 aliphatic rings. The lowest BCUT2D eigenvalue weighted by Gasteiger charge is -2.01. The van der Waals surface area contributed by atoms with Crippen molar-refractivity contribution < 1.29 is 9.53 Å². The summed E-state index contributed by atoms with van der Waals surface area (Å²) >= 11 is 3.40. The lowest BCUT2D eigenvalue weighted by atomic mass is 10.1. The highest BCUT2D eigenvalue weighted by Gasteiger charge is 2.00. The second-order valence-electron chi connectivity index (χ2n) is 3.46. The van der Waals surface area contributed by atoms with Crippen molar-refractivity contribution in [3.63, 3.8) is 0 Å². The first-order valence-corrected chi connectivity index (χ1v) is 6.76. The number of hydrogen-bond donors (Lipinski definition) is 0. The number of unbranched alkanes of at least 4 members (excludes halogenated alkanes) is 4. The van der Waals surface area contributed by atoms with Crippen LogP contribution in [0.4, 0.5) is 0 Å². The highest BCUT2D eigenvalue weighted by atomic mass is 79.9. The molecule has 0 aromatic rings. The maximum atomic E-state index is 11.1. The Bertz CT molecular complexity index is 178. The molecule has 0 unspecified atom stereocenters. The SMILES string of the molecule is C/C=C\COC(=O)CCCCCCCBr. The number of ether oxygens (including phenoxy) is 1. The summed E-state index contributed by atoms with van der Waals surface area (Å²) < 4.78 is 4.98. The Hall–Kier alpha value is -0.310. The van der Waals surface area contributed by atoms with E-state index in [2.05, 4.69) is 15.9 Å². The standard InChI is InChI=1S/C12H21BrO2/c1-2-3-11-15-12(14)9-7-5-4-6-8-10-13/h2-3H,4-11H2,1H3/b3-2-. The van der Waals surface area contributed by atoms with Gasteiger partial charge < -0.3 is 4.74 Å². The van der Waals surface area contributed by atoms with Crippen LogP contribution in [0.1, 0.15) is 45.4 Å². The van der Waals surface area contributed by atoms with Crippen molar-refractivity contribution >= 4 is 21.9 Å². The third-order valence-electron chi connectivity index (χ3n) is 2.09. The third kappa shape index (κ3) is 11.6. The van der Waals surface area contributed by atoms with Gasteiger partial charge in [0.05, 0.1) is 0 Å². The average molecular weight is 277 g/mol. The smallest absolute Gasteiger partial charge is 0.306 e. The maximum Gasteiger partial charge on any atom is 0.306 e. The van der Waals surface area contributed by atoms with Gasteiger partial charge in [-0.05, 0) is 19.8 Å². The summed E-state index contributed by atoms with van der Waals surface area (Å²) in [5, 5.41) is 1.08. The van der Waals surface area contributed by atoms with Crippen molar-refractivity contribution in [2.24, 2.45) is 0 Å². The van der Waals surface area contributed by atoms with E-state index in [0.29, 0.717) is 13.0 Å². The van der Waals surface area contributed by atoms with Gasteiger partial charge in [0.2, 0.25) is 0 Å². The summed E-state index contributed by atoms with van der Waals surface area (Å²) in [5.41, 5.74) is 0. The molecule has 0 saturated carbocycles. The summed E-state index contributed by atoms with van der Waals surface area (Å²) in [4.78, 5) is 11.1. The molecule has 0 aromatic heterocycles. The van der Waals surface area contributed by atoms with E-state index in [9.17, 15) is 4.79 Å². The van der Waals surface area contributed by atoms with Crippen molar-refractivity contribution in [3.05, 3.63) is 12.2 Å². The molecule has 0 spiro atoms. The molecule has 15 heavy (non-hydrogen) atoms. The van der Waals surface area contributed by atoms with Crippen LogP contribution in [0.25, 0.3) is 0 Å². The average Bonchev–Trinajstić information content (AvgIpc) is 2.23. The van der Waals surface area contributed by atoms with Gasteiger partial charge in [-0.1, -0.05) is 47.3 Å². The Morgan fingerprint density at radius 1 is 1.20 bits per heavy atom. The van der Waals surface area contributed by atoms with E-state index >= 15 is 0 Å². The molecule has 88 valence electrons. The second-order valence-corrected chi connectivity index (χ2v) is 4.25. The van der Waals surface area contributed by atoms with Crippen LogP contribution in [-0.4, -0.2) is 17.9 Å². The molecule has 0 aromatic carbocycles. The van der Waals surface area contributed by atoms with Gasteiger partial charge >= 0.3 is 5.97 Å². The minimum absolute atomic E-state index is 0.0754. The Balaban J connectivity index is 3.16. The number of carbonyl (C=O) groups is 1. The topological polar surface area (TPSA) is 26.3 Å². The molecule has 2 nitrogen and oxygen atoms in total. The fourth-order valence-electron chi connectivity index (χ4n) is 1.20. The van der Waals surface area contributed by atoms with E-state index in [0.717, 1.165) is 18.2 Å². The molecule has 0 rings (SSSR count). The zero-order chi connectivity index (χ0) is 11.4. The van der Waals surface area contributed by atoms with Crippen LogP contribution in [0, 0.1) is 0 Å². The molecular weight excluding hydrogens is 256 g/mol. The number of alkyl halides is 1. The Kier molecular flexibility index (Phi) is 11.5. The predicted octanol–water partition coefficient (Wildman–Crippen LogP) is 3.84. The Labute approximate surface area is 101 Å². The Morgan fingerprint density at radius 2 is 1.87 bits per heavy atom. The summed E-state index contributed by atoms with van der Waals surface area (Å²) in [7, 11) is 0. The van der Waals surface area contributed by atoms with Crippen molar-refractivity contribution in [1.29, 1.82) is 0 Å². The quantitative estimate of drug-likeness (QED) is 0.277. The van der Waals surface area contributed by atoms with E-state index in [1.54, 1.807) is 0 Å². The number of carbonyl (C=O) groups excluding carboxylic acids is 1. The molecule has 0 atom stereocenters. The van der Waals surface area contributed by atoms with E-state index in [1.165, 1.54) is 19.3 Å². The Morgan fingerprint density at radius 3 is 2.53 bits per heavy atom. The normalized spacial score (nSPS) is 10.8. The van der Waals surface area contributed by atoms with Gasteiger partial charge in [-0.15, -0.1) is 0 Å². The van der Waals surface area contributed by atoms with E-state index in [4.69, 9.17) is 4.74 Å². The van der Waals surface area contributed by atoms with Gasteiger partial charge in [0.25, 0.3) is 0 Å². The molecule has 0 saturated heterocycles. The van der Waals surface area contributed by atoms with Crippen LogP contribution >= 0.6 is 15.9 Å². The van der Waals surface area contributed by atoms with Crippen LogP contribution in [-0.2, 0) is 9.53 Å². The highest BCUT2D eigenvalue weighted by molar-refractivity contribution is 9.09. The van der Waals surface area contributed by atoms with Crippen molar-refractivity contribution in [2.45, 2.75) is 45.4 Å². The number of rotatable bonds is 9. The molecule has 0 heterocycles. The first-order valence-electron chi connectivity index (χ1n) is 5.64. The number of allylic oxidation sites excluding steroid dienone is 1. The fourth-order valence-corrected chi connectivity index (χ4v) is 1.60. The lowest BCUT2D eigenvalue weighted by Crippen LogP contribution is -2.03. The molecule has 0 amide bonds. The minimum Gasteiger partial charge on any atom is -0.461 e. The van der Waals surface area contributed by atoms with E-state index in [-0.39, 0.29) is 5.97 Å². The summed E-state index contributed by atoms with van der Waals surface area (Å²) in [6.45, 7) is 2.33. The van der Waals surface area contributed by atoms with Gasteiger partial charge in [0.1, 0.15) is 6.61 Å². The van der Waals surface area contributed by atoms with Crippen LogP contribution in [0.2, 0.25) is 0 Å². The molecule has 0 aliphatic heterocycles. The van der Waals surface area contributed by atoms with Gasteiger partial charge in [-0.2, -0.15) is 0 Å². The highest BCUT2D eigenvalue weighted by Crippen LogP contribution is 2.07. The zero-order valence-electron chi connectivity index (χ0n) is 9.51. The predicted molar refractivity (Wildman–Crippen MR) is 67.3 cm³/mol. The van der Waals surface area contributed by atoms with Crippen molar-refractivity contribution in [1.82, 2.24) is 0 Å². The van der Waals surface area contributed by atoms with Gasteiger partial charge in [-0.25, -0.2) is 0 Å². The maximum absolute atomic E-state index is 11.1. The molecule has 0 fully saturated rings. The second kappa shape index (κ2) is 11.8. The van der Waals surface area contributed by atoms with E-state index in [1.807, 2.05) is 19.1 Å². The molecule has 0 bridgehead atoms. The fraction of sp³-hybridized carbons (Fsp3) is 0.750. The van der Waals surface area contributed by atoms with Crippen LogP contribution in [0.15, 0.2) is 12.2 Å². The third-order valence-corrected chi connectivity index (χ3v) is 2.65. The summed E-state index contributed by atoms with van der Waals surface area (Å²) in [5.74, 6) is -0.0754. The molecular formula is C12H21BrO2. The lowest BCUT2D eigenvalue weighted by molar-refractivity contribution is -0.142. The zero-order valence-corrected chi connectivity index (χ0v) is 11.1. The van der Waals surface area contributed by atoms with Crippen LogP contribution in [0.3, 0.4) is 0 Å². The summed E-state index contributed by atoms with van der Waals surface area (Å²) in [6.07, 6.45) is 10.1. The first-order chi connectivity index (χ1) is 7.31. The van der Waals surface area contributed by atoms with E-state index < -0.39 is 0 Å². The van der Waals surface area contributed by atoms with Crippen molar-refractivity contribution in [3.8, 4) is 0 Å². The first kappa shape index (κ1) is 14.7.